The van der Waals surface area contributed by atoms with Crippen molar-refractivity contribution in [3.8, 4) is 0 Å². The van der Waals surface area contributed by atoms with E-state index in [9.17, 15) is 14.5 Å². The highest BCUT2D eigenvalue weighted by Gasteiger charge is 2.65. The molecule has 212 valence electrons. The Morgan fingerprint density at radius 1 is 1.34 bits per heavy atom. The number of fused-ring (bicyclic) bond motifs is 1. The third-order valence-electron chi connectivity index (χ3n) is 6.56. The zero-order chi connectivity index (χ0) is 27.8. The molecule has 1 saturated heterocycles. The normalized spacial score (nSPS) is 29.7. The molecule has 0 radical (unpaired) electrons. The summed E-state index contributed by atoms with van der Waals surface area (Å²) in [5.74, 6) is -3.51. The Balaban J connectivity index is 1.50. The minimum absolute atomic E-state index is 0.0805. The molecule has 6 atom stereocenters. The van der Waals surface area contributed by atoms with Crippen LogP contribution in [0.5, 0.6) is 0 Å². The average Bonchev–Trinajstić information content (AvgIpc) is 3.53. The van der Waals surface area contributed by atoms with Crippen LogP contribution in [0.15, 0.2) is 6.33 Å². The van der Waals surface area contributed by atoms with Crippen molar-refractivity contribution >= 4 is 37.1 Å². The summed E-state index contributed by atoms with van der Waals surface area (Å²) in [4.78, 5) is 24.5. The van der Waals surface area contributed by atoms with Crippen LogP contribution in [0, 0.1) is 0 Å². The third kappa shape index (κ3) is 5.76. The van der Waals surface area contributed by atoms with E-state index in [2.05, 4.69) is 25.4 Å². The van der Waals surface area contributed by atoms with Crippen LogP contribution in [-0.2, 0) is 23.4 Å². The van der Waals surface area contributed by atoms with Gasteiger partial charge in [-0.2, -0.15) is 9.97 Å². The number of nitrogen functional groups attached to an aromatic ring is 1. The zero-order valence-electron chi connectivity index (χ0n) is 21.6. The van der Waals surface area contributed by atoms with Crippen molar-refractivity contribution in [1.29, 1.82) is 0 Å². The largest absolute Gasteiger partial charge is 0.462 e. The van der Waals surface area contributed by atoms with Gasteiger partial charge in [-0.1, -0.05) is 12.8 Å². The maximum absolute atomic E-state index is 15.8. The number of esters is 1. The van der Waals surface area contributed by atoms with Gasteiger partial charge in [0.15, 0.2) is 35.0 Å². The van der Waals surface area contributed by atoms with Gasteiger partial charge in [-0.25, -0.2) is 18.9 Å². The van der Waals surface area contributed by atoms with Crippen molar-refractivity contribution in [3.05, 3.63) is 6.33 Å². The summed E-state index contributed by atoms with van der Waals surface area (Å²) in [5.41, 5.74) is 3.57. The number of imidazole rings is 1. The number of aromatic nitrogens is 4. The molecular formula is C22H34F2N7O6P. The minimum atomic E-state index is -3.20. The molecule has 38 heavy (non-hydrogen) atoms. The van der Waals surface area contributed by atoms with Gasteiger partial charge in [-0.3, -0.25) is 13.9 Å². The van der Waals surface area contributed by atoms with E-state index in [4.69, 9.17) is 19.7 Å². The van der Waals surface area contributed by atoms with E-state index in [1.807, 2.05) is 0 Å². The number of aliphatic hydroxyl groups is 1. The Labute approximate surface area is 218 Å². The summed E-state index contributed by atoms with van der Waals surface area (Å²) in [6.45, 7) is 4.57. The number of aliphatic hydroxyl groups excluding tert-OH is 1. The van der Waals surface area contributed by atoms with Crippen molar-refractivity contribution in [3.63, 3.8) is 0 Å². The number of nitrogens with one attached hydrogen (secondary N) is 2. The molecule has 3 heterocycles. The number of alkyl halides is 2. The van der Waals surface area contributed by atoms with Crippen molar-refractivity contribution in [2.75, 3.05) is 17.7 Å². The van der Waals surface area contributed by atoms with Crippen LogP contribution in [0.4, 0.5) is 20.5 Å². The van der Waals surface area contributed by atoms with Crippen molar-refractivity contribution in [2.45, 2.75) is 95.4 Å². The summed E-state index contributed by atoms with van der Waals surface area (Å²) in [7, 11) is -3.20. The Hall–Kier alpha value is -2.45. The van der Waals surface area contributed by atoms with Gasteiger partial charge in [0.2, 0.25) is 5.95 Å². The molecule has 2 fully saturated rings. The second-order valence-electron chi connectivity index (χ2n) is 10.1. The Kier molecular flexibility index (Phi) is 8.24. The predicted molar refractivity (Wildman–Crippen MR) is 134 cm³/mol. The van der Waals surface area contributed by atoms with Crippen LogP contribution < -0.4 is 16.1 Å². The fraction of sp³-hybridized carbons (Fsp3) is 0.727. The summed E-state index contributed by atoms with van der Waals surface area (Å²) in [6.07, 6.45) is 0.817. The van der Waals surface area contributed by atoms with E-state index >= 15 is 8.78 Å². The number of rotatable bonds is 10. The van der Waals surface area contributed by atoms with Crippen LogP contribution in [0.2, 0.25) is 0 Å². The number of halogens is 2. The maximum atomic E-state index is 15.8. The average molecular weight is 562 g/mol. The molecule has 13 nitrogen and oxygen atoms in total. The maximum Gasteiger partial charge on any atom is 0.323 e. The van der Waals surface area contributed by atoms with Gasteiger partial charge in [0.05, 0.1) is 12.4 Å². The van der Waals surface area contributed by atoms with Crippen LogP contribution in [-0.4, -0.2) is 73.0 Å². The summed E-state index contributed by atoms with van der Waals surface area (Å²) >= 11 is 0. The number of carbonyl (C=O) groups excluding carboxylic acids is 1. The van der Waals surface area contributed by atoms with Gasteiger partial charge in [0.25, 0.3) is 14.0 Å². The molecule has 0 spiro atoms. The van der Waals surface area contributed by atoms with E-state index in [-0.39, 0.29) is 29.3 Å². The number of nitrogens with zero attached hydrogens (tertiary/aromatic N) is 4. The van der Waals surface area contributed by atoms with Crippen LogP contribution in [0.1, 0.15) is 59.6 Å². The monoisotopic (exact) mass is 561 g/mol. The van der Waals surface area contributed by atoms with Crippen LogP contribution in [0.3, 0.4) is 0 Å². The van der Waals surface area contributed by atoms with Gasteiger partial charge in [-0.05, 0) is 40.5 Å². The first-order valence-electron chi connectivity index (χ1n) is 12.5. The fourth-order valence-corrected chi connectivity index (χ4v) is 5.49. The second-order valence-corrected chi connectivity index (χ2v) is 11.3. The Morgan fingerprint density at radius 2 is 2.03 bits per heavy atom. The molecular weight excluding hydrogens is 527 g/mol. The molecule has 16 heteroatoms. The molecule has 0 amide bonds. The van der Waals surface area contributed by atoms with Crippen LogP contribution >= 0.6 is 8.18 Å². The quantitative estimate of drug-likeness (QED) is 0.247. The lowest BCUT2D eigenvalue weighted by Crippen LogP contribution is -2.46. The number of hydrogen-bond donors (Lipinski definition) is 4. The predicted octanol–water partition coefficient (Wildman–Crippen LogP) is 2.38. The number of nitrogens with two attached hydrogens (primary N) is 1. The molecule has 5 N–H and O–H groups in total. The molecule has 4 rings (SSSR count). The molecule has 1 unspecified atom stereocenters. The summed E-state index contributed by atoms with van der Waals surface area (Å²) in [6, 6.07) is -0.835. The smallest absolute Gasteiger partial charge is 0.323 e. The number of carbonyl (C=O) groups is 1. The summed E-state index contributed by atoms with van der Waals surface area (Å²) < 4.78 is 60.3. The molecule has 0 bridgehead atoms. The fourth-order valence-electron chi connectivity index (χ4n) is 4.61. The van der Waals surface area contributed by atoms with Gasteiger partial charge in [0, 0.05) is 6.04 Å². The molecule has 1 aliphatic carbocycles. The number of ether oxygens (including phenoxy) is 2. The highest BCUT2D eigenvalue weighted by Crippen LogP contribution is 2.49. The van der Waals surface area contributed by atoms with E-state index < -0.39 is 50.7 Å². The molecule has 2 aromatic rings. The van der Waals surface area contributed by atoms with Gasteiger partial charge in [0.1, 0.15) is 12.6 Å². The van der Waals surface area contributed by atoms with Crippen molar-refractivity contribution < 1.29 is 37.2 Å². The van der Waals surface area contributed by atoms with Gasteiger partial charge < -0.3 is 30.2 Å². The Morgan fingerprint density at radius 3 is 2.68 bits per heavy atom. The minimum Gasteiger partial charge on any atom is -0.462 e. The second kappa shape index (κ2) is 11.0. The standard InChI is InChI=1S/C22H34F2N7O6P/c1-11(2)36-17(32)12(3)30-38(34)35-9-22(24)18(33)21(4,23)19(37-22)31-10-26-14-15(27-13-7-5-6-8-13)28-20(25)29-16(14)31/h10-13,18-19,33,38H,5-9H2,1-4H3,(H,30,34)(H3,25,27,28,29)/t12-,18-,19+,21+,22+/m0/s1. The van der Waals surface area contributed by atoms with E-state index in [0.717, 1.165) is 37.2 Å². The lowest BCUT2D eigenvalue weighted by atomic mass is 9.97. The van der Waals surface area contributed by atoms with Gasteiger partial charge in [-0.15, -0.1) is 0 Å². The first-order valence-corrected chi connectivity index (χ1v) is 13.8. The zero-order valence-corrected chi connectivity index (χ0v) is 22.6. The van der Waals surface area contributed by atoms with Crippen LogP contribution in [0.25, 0.3) is 11.2 Å². The summed E-state index contributed by atoms with van der Waals surface area (Å²) in [5, 5.41) is 16.2. The van der Waals surface area contributed by atoms with E-state index in [1.165, 1.54) is 13.3 Å². The molecule has 1 aliphatic heterocycles. The van der Waals surface area contributed by atoms with Crippen molar-refractivity contribution in [1.82, 2.24) is 24.6 Å². The highest BCUT2D eigenvalue weighted by molar-refractivity contribution is 7.36. The molecule has 2 aromatic heterocycles. The highest BCUT2D eigenvalue weighted by atomic mass is 31.1. The molecule has 2 aliphatic rings. The SMILES string of the molecule is CC(C)OC(=O)[C@H](C)N[PH](=O)OC[C@@]1(F)O[C@@H](n2cnc3c(NC4CCCC4)nc(N)nc32)[C@](C)(F)[C@@H]1O. The Bertz CT molecular complexity index is 1190. The van der Waals surface area contributed by atoms with Gasteiger partial charge >= 0.3 is 5.97 Å². The van der Waals surface area contributed by atoms with Crippen molar-refractivity contribution in [2.24, 2.45) is 0 Å². The molecule has 1 saturated carbocycles. The lowest BCUT2D eigenvalue weighted by Gasteiger charge is -2.25. The van der Waals surface area contributed by atoms with E-state index in [1.54, 1.807) is 13.8 Å². The first kappa shape index (κ1) is 28.6. The first-order chi connectivity index (χ1) is 17.8. The van der Waals surface area contributed by atoms with E-state index in [0.29, 0.717) is 5.82 Å². The third-order valence-corrected chi connectivity index (χ3v) is 7.64. The molecule has 0 aromatic carbocycles. The number of hydrogen-bond acceptors (Lipinski definition) is 11. The topological polar surface area (TPSA) is 176 Å². The number of anilines is 2. The lowest BCUT2D eigenvalue weighted by molar-refractivity contribution is -0.201.